The molecule has 1 saturated carbocycles. The van der Waals surface area contributed by atoms with Gasteiger partial charge in [0.2, 0.25) is 5.91 Å². The lowest BCUT2D eigenvalue weighted by Crippen LogP contribution is -2.58. The molecule has 0 spiro atoms. The first-order valence-corrected chi connectivity index (χ1v) is 11.1. The molecule has 11 heteroatoms. The Hall–Kier alpha value is -2.34. The van der Waals surface area contributed by atoms with E-state index in [1.165, 1.54) is 0 Å². The average Bonchev–Trinajstić information content (AvgIpc) is 3.44. The molecule has 1 aliphatic carbocycles. The van der Waals surface area contributed by atoms with Crippen LogP contribution in [0.4, 0.5) is 0 Å². The van der Waals surface area contributed by atoms with Gasteiger partial charge in [0.25, 0.3) is 0 Å². The molecule has 2 unspecified atom stereocenters. The van der Waals surface area contributed by atoms with Crippen LogP contribution in [0.5, 0.6) is 11.5 Å². The number of benzene rings is 1. The Morgan fingerprint density at radius 3 is 2.75 bits per heavy atom. The Morgan fingerprint density at radius 1 is 1.31 bits per heavy atom. The second kappa shape index (κ2) is 7.34. The van der Waals surface area contributed by atoms with E-state index < -0.39 is 18.5 Å². The van der Waals surface area contributed by atoms with Crippen molar-refractivity contribution in [2.75, 3.05) is 46.9 Å². The number of quaternary nitrogens is 1. The SMILES string of the molecule is C[N+]1(C)CCO[C@H](CC(=O)N2CC(Oc3ccc4c(c3C(=O)[O-])O[B-](O)(O)C3CC43)C2)C1. The number of rotatable bonds is 5. The maximum Gasteiger partial charge on any atom is 0.434 e. The Morgan fingerprint density at radius 2 is 2.06 bits per heavy atom. The normalized spacial score (nSPS) is 29.8. The van der Waals surface area contributed by atoms with Gasteiger partial charge in [-0.3, -0.25) is 4.79 Å². The number of hydrogen-bond acceptors (Lipinski definition) is 8. The van der Waals surface area contributed by atoms with Crippen molar-refractivity contribution in [1.82, 2.24) is 4.90 Å². The van der Waals surface area contributed by atoms with Crippen molar-refractivity contribution in [2.24, 2.45) is 0 Å². The summed E-state index contributed by atoms with van der Waals surface area (Å²) in [6.45, 7) is -0.0953. The third-order valence-electron chi connectivity index (χ3n) is 7.09. The quantitative estimate of drug-likeness (QED) is 0.420. The van der Waals surface area contributed by atoms with Crippen molar-refractivity contribution in [2.45, 2.75) is 36.8 Å². The minimum atomic E-state index is -3.11. The molecule has 3 fully saturated rings. The van der Waals surface area contributed by atoms with Crippen LogP contribution in [-0.2, 0) is 9.53 Å². The van der Waals surface area contributed by atoms with E-state index in [0.29, 0.717) is 38.1 Å². The largest absolute Gasteiger partial charge is 0.669 e. The van der Waals surface area contributed by atoms with Crippen molar-refractivity contribution in [3.05, 3.63) is 23.3 Å². The molecule has 2 saturated heterocycles. The zero-order chi connectivity index (χ0) is 22.8. The van der Waals surface area contributed by atoms with Gasteiger partial charge in [-0.2, -0.15) is 0 Å². The first-order valence-electron chi connectivity index (χ1n) is 11.1. The minimum absolute atomic E-state index is 0.0153. The van der Waals surface area contributed by atoms with Crippen LogP contribution in [0.25, 0.3) is 0 Å². The summed E-state index contributed by atoms with van der Waals surface area (Å²) in [4.78, 5) is 26.1. The maximum atomic E-state index is 12.6. The van der Waals surface area contributed by atoms with Crippen LogP contribution < -0.4 is 14.5 Å². The monoisotopic (exact) mass is 447 g/mol. The molecule has 1 aromatic rings. The number of fused-ring (bicyclic) bond motifs is 3. The predicted octanol–water partition coefficient (Wildman–Crippen LogP) is -1.32. The number of nitrogens with zero attached hydrogens (tertiary/aromatic N) is 2. The van der Waals surface area contributed by atoms with Gasteiger partial charge in [-0.1, -0.05) is 18.3 Å². The Balaban J connectivity index is 1.23. The maximum absolute atomic E-state index is 12.6. The van der Waals surface area contributed by atoms with Crippen LogP contribution in [0, 0.1) is 0 Å². The van der Waals surface area contributed by atoms with Gasteiger partial charge in [0.05, 0.1) is 57.5 Å². The second-order valence-corrected chi connectivity index (χ2v) is 10.1. The number of amides is 1. The van der Waals surface area contributed by atoms with E-state index in [1.807, 2.05) is 0 Å². The van der Waals surface area contributed by atoms with E-state index in [-0.39, 0.29) is 41.1 Å². The van der Waals surface area contributed by atoms with Crippen LogP contribution in [0.3, 0.4) is 0 Å². The van der Waals surface area contributed by atoms with E-state index >= 15 is 0 Å². The van der Waals surface area contributed by atoms with Crippen molar-refractivity contribution < 1.29 is 43.4 Å². The molecule has 3 heterocycles. The zero-order valence-corrected chi connectivity index (χ0v) is 18.2. The highest BCUT2D eigenvalue weighted by Crippen LogP contribution is 2.63. The third kappa shape index (κ3) is 3.83. The number of aromatic carboxylic acids is 1. The van der Waals surface area contributed by atoms with Gasteiger partial charge in [0.1, 0.15) is 31.0 Å². The van der Waals surface area contributed by atoms with Gasteiger partial charge < -0.3 is 43.5 Å². The molecule has 2 N–H and O–H groups in total. The summed E-state index contributed by atoms with van der Waals surface area (Å²) in [5.41, 5.74) is 0.309. The van der Waals surface area contributed by atoms with E-state index in [2.05, 4.69) is 14.1 Å². The molecule has 1 amide bonds. The topological polar surface area (TPSA) is 129 Å². The molecule has 0 aromatic heterocycles. The first kappa shape index (κ1) is 21.5. The number of carbonyl (C=O) groups is 2. The fraction of sp³-hybridized carbons (Fsp3) is 0.619. The van der Waals surface area contributed by atoms with E-state index in [1.54, 1.807) is 17.0 Å². The predicted molar refractivity (Wildman–Crippen MR) is 110 cm³/mol. The van der Waals surface area contributed by atoms with E-state index in [9.17, 15) is 24.7 Å². The highest BCUT2D eigenvalue weighted by molar-refractivity contribution is 6.62. The first-order chi connectivity index (χ1) is 15.0. The van der Waals surface area contributed by atoms with E-state index in [4.69, 9.17) is 14.1 Å². The molecule has 32 heavy (non-hydrogen) atoms. The van der Waals surface area contributed by atoms with Crippen molar-refractivity contribution >= 4 is 18.6 Å². The van der Waals surface area contributed by atoms with Crippen molar-refractivity contribution in [3.8, 4) is 11.5 Å². The lowest BCUT2D eigenvalue weighted by molar-refractivity contribution is -0.901. The second-order valence-electron chi connectivity index (χ2n) is 10.1. The number of morpholine rings is 1. The Labute approximate surface area is 185 Å². The summed E-state index contributed by atoms with van der Waals surface area (Å²) in [6, 6.07) is 3.26. The molecule has 3 aliphatic heterocycles. The smallest absolute Gasteiger partial charge is 0.434 e. The number of carboxylic acids is 1. The summed E-state index contributed by atoms with van der Waals surface area (Å²) in [5.74, 6) is -2.12. The lowest BCUT2D eigenvalue weighted by atomic mass is 9.68. The molecular weight excluding hydrogens is 419 g/mol. The number of carboxylic acid groups (broad SMARTS) is 1. The lowest BCUT2D eigenvalue weighted by Gasteiger charge is -2.42. The number of likely N-dealkylation sites (tertiary alicyclic amines) is 1. The van der Waals surface area contributed by atoms with Gasteiger partial charge in [-0.15, -0.1) is 0 Å². The van der Waals surface area contributed by atoms with Crippen molar-refractivity contribution in [1.29, 1.82) is 0 Å². The summed E-state index contributed by atoms with van der Waals surface area (Å²) in [7, 11) is 4.24. The summed E-state index contributed by atoms with van der Waals surface area (Å²) >= 11 is 0. The summed E-state index contributed by atoms with van der Waals surface area (Å²) in [5, 5.41) is 32.1. The fourth-order valence-corrected chi connectivity index (χ4v) is 5.11. The van der Waals surface area contributed by atoms with Crippen molar-refractivity contribution in [3.63, 3.8) is 0 Å². The van der Waals surface area contributed by atoms with Crippen LogP contribution in [0.1, 0.15) is 34.7 Å². The van der Waals surface area contributed by atoms with Gasteiger partial charge >= 0.3 is 6.75 Å². The van der Waals surface area contributed by atoms with Crippen LogP contribution >= 0.6 is 0 Å². The molecule has 10 nitrogen and oxygen atoms in total. The number of carbonyl (C=O) groups excluding carboxylic acids is 2. The average molecular weight is 447 g/mol. The minimum Gasteiger partial charge on any atom is -0.669 e. The Bertz CT molecular complexity index is 961. The Kier molecular flexibility index (Phi) is 4.93. The van der Waals surface area contributed by atoms with E-state index in [0.717, 1.165) is 17.6 Å². The molecular formula is C21H28BN2O8-. The summed E-state index contributed by atoms with van der Waals surface area (Å²) in [6.07, 6.45) is 0.363. The molecule has 5 rings (SSSR count). The summed E-state index contributed by atoms with van der Waals surface area (Å²) < 4.78 is 17.7. The van der Waals surface area contributed by atoms with Crippen LogP contribution in [0.15, 0.2) is 12.1 Å². The highest BCUT2D eigenvalue weighted by atomic mass is 16.6. The molecule has 3 atom stereocenters. The van der Waals surface area contributed by atoms with Gasteiger partial charge in [-0.25, -0.2) is 0 Å². The number of likely N-dealkylation sites (N-methyl/N-ethyl adjacent to an activating group) is 1. The molecule has 4 aliphatic rings. The molecule has 174 valence electrons. The van der Waals surface area contributed by atoms with Gasteiger partial charge in [0.15, 0.2) is 0 Å². The number of hydrogen-bond donors (Lipinski definition) is 2. The zero-order valence-electron chi connectivity index (χ0n) is 18.2. The number of ether oxygens (including phenoxy) is 2. The highest BCUT2D eigenvalue weighted by Gasteiger charge is 2.55. The van der Waals surface area contributed by atoms with Crippen LogP contribution in [0.2, 0.25) is 5.82 Å². The van der Waals surface area contributed by atoms with Crippen LogP contribution in [-0.4, -0.2) is 97.2 Å². The van der Waals surface area contributed by atoms with Gasteiger partial charge in [-0.05, 0) is 17.5 Å². The fourth-order valence-electron chi connectivity index (χ4n) is 5.11. The molecule has 0 radical (unpaired) electrons. The standard InChI is InChI=1S/C21H29BN2O8/c1-24(2)5-6-30-12(11-24)7-18(25)23-9-13(10-23)31-17-4-3-14-15-8-16(15)22(28,29)32-20(14)19(17)21(26)27/h3-4,12-13,15-16,28-29H,5-11H2,1-2H3,(H,26,27)/p-1/t12-,15?,16?/m1/s1. The molecule has 0 bridgehead atoms. The molecule has 1 aromatic carbocycles. The van der Waals surface area contributed by atoms with Gasteiger partial charge in [0, 0.05) is 0 Å². The third-order valence-corrected chi connectivity index (χ3v) is 7.09.